The fraction of sp³-hybridized carbons (Fsp3) is 0.588. The minimum Gasteiger partial charge on any atom is -0.342 e. The molecular weight excluding hydrogens is 262 g/mol. The van der Waals surface area contributed by atoms with Gasteiger partial charge in [0.1, 0.15) is 0 Å². The monoisotopic (exact) mass is 289 g/mol. The molecule has 1 aliphatic heterocycles. The molecule has 0 bridgehead atoms. The Labute approximate surface area is 128 Å². The van der Waals surface area contributed by atoms with Gasteiger partial charge in [-0.25, -0.2) is 0 Å². The lowest BCUT2D eigenvalue weighted by molar-refractivity contribution is -0.132. The van der Waals surface area contributed by atoms with E-state index in [0.29, 0.717) is 6.54 Å². The highest BCUT2D eigenvalue weighted by Gasteiger charge is 2.17. The average molecular weight is 289 g/mol. The van der Waals surface area contributed by atoms with E-state index in [1.54, 1.807) is 0 Å². The summed E-state index contributed by atoms with van der Waals surface area (Å²) in [6.07, 6.45) is 2.06. The van der Waals surface area contributed by atoms with Crippen LogP contribution >= 0.6 is 0 Å². The Bertz CT molecular complexity index is 413. The molecule has 21 heavy (non-hydrogen) atoms. The van der Waals surface area contributed by atoms with Gasteiger partial charge in [0.25, 0.3) is 0 Å². The van der Waals surface area contributed by atoms with Gasteiger partial charge in [-0.2, -0.15) is 0 Å². The number of benzene rings is 1. The molecule has 1 saturated heterocycles. The van der Waals surface area contributed by atoms with Crippen molar-refractivity contribution in [1.82, 2.24) is 15.1 Å². The summed E-state index contributed by atoms with van der Waals surface area (Å²) in [5.74, 6) is 0.260. The summed E-state index contributed by atoms with van der Waals surface area (Å²) in [6, 6.07) is 10.4. The molecule has 4 nitrogen and oxygen atoms in total. The van der Waals surface area contributed by atoms with Gasteiger partial charge in [-0.05, 0) is 38.4 Å². The van der Waals surface area contributed by atoms with Crippen LogP contribution in [0.3, 0.4) is 0 Å². The zero-order valence-corrected chi connectivity index (χ0v) is 13.1. The van der Waals surface area contributed by atoms with E-state index in [-0.39, 0.29) is 5.91 Å². The molecule has 2 rings (SSSR count). The van der Waals surface area contributed by atoms with E-state index in [1.165, 1.54) is 5.56 Å². The molecule has 1 heterocycles. The van der Waals surface area contributed by atoms with E-state index in [2.05, 4.69) is 41.4 Å². The fourth-order valence-electron chi connectivity index (χ4n) is 2.72. The average Bonchev–Trinajstić information content (AvgIpc) is 2.77. The van der Waals surface area contributed by atoms with Crippen LogP contribution in [-0.2, 0) is 11.2 Å². The molecule has 0 radical (unpaired) electrons. The van der Waals surface area contributed by atoms with Gasteiger partial charge in [-0.1, -0.05) is 30.3 Å². The van der Waals surface area contributed by atoms with Crippen LogP contribution in [0.5, 0.6) is 0 Å². The maximum absolute atomic E-state index is 12.4. The van der Waals surface area contributed by atoms with Crippen LogP contribution in [0.4, 0.5) is 0 Å². The summed E-state index contributed by atoms with van der Waals surface area (Å²) < 4.78 is 0. The van der Waals surface area contributed by atoms with Crippen molar-refractivity contribution in [2.24, 2.45) is 0 Å². The zero-order chi connectivity index (χ0) is 14.9. The fourth-order valence-corrected chi connectivity index (χ4v) is 2.72. The third kappa shape index (κ3) is 5.48. The lowest BCUT2D eigenvalue weighted by Gasteiger charge is -2.25. The molecular formula is C17H27N3O. The molecule has 1 fully saturated rings. The number of rotatable bonds is 6. The molecule has 0 unspecified atom stereocenters. The predicted octanol–water partition coefficient (Wildman–Crippen LogP) is 1.37. The summed E-state index contributed by atoms with van der Waals surface area (Å²) in [4.78, 5) is 16.7. The third-order valence-corrected chi connectivity index (χ3v) is 4.04. The van der Waals surface area contributed by atoms with Crippen LogP contribution in [-0.4, -0.2) is 61.5 Å². The molecule has 1 aliphatic rings. The number of hydrogen-bond donors (Lipinski definition) is 1. The summed E-state index contributed by atoms with van der Waals surface area (Å²) >= 11 is 0. The SMILES string of the molecule is CCN(CCc1ccccc1)C(=O)CN1CCCNCC1. The molecule has 116 valence electrons. The Morgan fingerprint density at radius 3 is 2.81 bits per heavy atom. The number of amides is 1. The molecule has 1 aromatic rings. The number of likely N-dealkylation sites (N-methyl/N-ethyl adjacent to an activating group) is 1. The Hall–Kier alpha value is -1.39. The third-order valence-electron chi connectivity index (χ3n) is 4.04. The number of carbonyl (C=O) groups excluding carboxylic acids is 1. The van der Waals surface area contributed by atoms with Crippen molar-refractivity contribution in [2.45, 2.75) is 19.8 Å². The van der Waals surface area contributed by atoms with Crippen molar-refractivity contribution < 1.29 is 4.79 Å². The Morgan fingerprint density at radius 2 is 2.05 bits per heavy atom. The number of carbonyl (C=O) groups is 1. The zero-order valence-electron chi connectivity index (χ0n) is 13.1. The number of nitrogens with one attached hydrogen (secondary N) is 1. The summed E-state index contributed by atoms with van der Waals surface area (Å²) in [5, 5.41) is 3.37. The van der Waals surface area contributed by atoms with Crippen LogP contribution in [0.2, 0.25) is 0 Å². The quantitative estimate of drug-likeness (QED) is 0.859. The summed E-state index contributed by atoms with van der Waals surface area (Å²) in [6.45, 7) is 8.27. The molecule has 1 N–H and O–H groups in total. The predicted molar refractivity (Wildman–Crippen MR) is 86.3 cm³/mol. The van der Waals surface area contributed by atoms with Crippen molar-refractivity contribution in [3.05, 3.63) is 35.9 Å². The van der Waals surface area contributed by atoms with E-state index in [1.807, 2.05) is 11.0 Å². The molecule has 0 spiro atoms. The minimum absolute atomic E-state index is 0.260. The molecule has 1 amide bonds. The lowest BCUT2D eigenvalue weighted by Crippen LogP contribution is -2.42. The lowest BCUT2D eigenvalue weighted by atomic mass is 10.1. The number of nitrogens with zero attached hydrogens (tertiary/aromatic N) is 2. The Morgan fingerprint density at radius 1 is 1.24 bits per heavy atom. The number of hydrogen-bond acceptors (Lipinski definition) is 3. The molecule has 0 saturated carbocycles. The first-order valence-corrected chi connectivity index (χ1v) is 8.04. The maximum Gasteiger partial charge on any atom is 0.236 e. The van der Waals surface area contributed by atoms with E-state index in [9.17, 15) is 4.79 Å². The van der Waals surface area contributed by atoms with Gasteiger partial charge < -0.3 is 10.2 Å². The smallest absolute Gasteiger partial charge is 0.236 e. The van der Waals surface area contributed by atoms with Gasteiger partial charge in [-0.3, -0.25) is 9.69 Å². The van der Waals surface area contributed by atoms with Crippen molar-refractivity contribution >= 4 is 5.91 Å². The van der Waals surface area contributed by atoms with Crippen LogP contribution < -0.4 is 5.32 Å². The van der Waals surface area contributed by atoms with Crippen molar-refractivity contribution in [3.8, 4) is 0 Å². The first-order chi connectivity index (χ1) is 10.3. The van der Waals surface area contributed by atoms with Gasteiger partial charge >= 0.3 is 0 Å². The highest BCUT2D eigenvalue weighted by atomic mass is 16.2. The Balaban J connectivity index is 1.80. The van der Waals surface area contributed by atoms with Crippen molar-refractivity contribution in [1.29, 1.82) is 0 Å². The highest BCUT2D eigenvalue weighted by Crippen LogP contribution is 2.03. The topological polar surface area (TPSA) is 35.6 Å². The minimum atomic E-state index is 0.260. The standard InChI is InChI=1S/C17H27N3O/c1-2-20(13-9-16-7-4-3-5-8-16)17(21)15-19-12-6-10-18-11-14-19/h3-5,7-8,18H,2,6,9-15H2,1H3. The van der Waals surface area contributed by atoms with Crippen LogP contribution in [0.25, 0.3) is 0 Å². The first kappa shape index (κ1) is 16.0. The second-order valence-corrected chi connectivity index (χ2v) is 5.59. The van der Waals surface area contributed by atoms with E-state index < -0.39 is 0 Å². The molecule has 0 aromatic heterocycles. The van der Waals surface area contributed by atoms with Gasteiger partial charge in [-0.15, -0.1) is 0 Å². The van der Waals surface area contributed by atoms with Gasteiger partial charge in [0, 0.05) is 26.2 Å². The van der Waals surface area contributed by atoms with Crippen molar-refractivity contribution in [2.75, 3.05) is 45.8 Å². The van der Waals surface area contributed by atoms with Gasteiger partial charge in [0.05, 0.1) is 6.54 Å². The first-order valence-electron chi connectivity index (χ1n) is 8.04. The van der Waals surface area contributed by atoms with Crippen LogP contribution in [0.1, 0.15) is 18.9 Å². The van der Waals surface area contributed by atoms with Gasteiger partial charge in [0.2, 0.25) is 5.91 Å². The normalized spacial score (nSPS) is 16.4. The van der Waals surface area contributed by atoms with E-state index in [0.717, 1.165) is 52.1 Å². The second-order valence-electron chi connectivity index (χ2n) is 5.59. The molecule has 0 atom stereocenters. The van der Waals surface area contributed by atoms with Crippen LogP contribution in [0.15, 0.2) is 30.3 Å². The molecule has 0 aliphatic carbocycles. The molecule has 4 heteroatoms. The Kier molecular flexibility index (Phi) is 6.70. The van der Waals surface area contributed by atoms with Crippen molar-refractivity contribution in [3.63, 3.8) is 0 Å². The van der Waals surface area contributed by atoms with E-state index >= 15 is 0 Å². The molecule has 1 aromatic carbocycles. The second kappa shape index (κ2) is 8.80. The highest BCUT2D eigenvalue weighted by molar-refractivity contribution is 5.78. The summed E-state index contributed by atoms with van der Waals surface area (Å²) in [7, 11) is 0. The van der Waals surface area contributed by atoms with Crippen LogP contribution in [0, 0.1) is 0 Å². The van der Waals surface area contributed by atoms with Gasteiger partial charge in [0.15, 0.2) is 0 Å². The largest absolute Gasteiger partial charge is 0.342 e. The maximum atomic E-state index is 12.4. The van der Waals surface area contributed by atoms with E-state index in [4.69, 9.17) is 0 Å². The summed E-state index contributed by atoms with van der Waals surface area (Å²) in [5.41, 5.74) is 1.29.